The fourth-order valence-electron chi connectivity index (χ4n) is 3.36. The zero-order chi connectivity index (χ0) is 19.3. The Morgan fingerprint density at radius 2 is 1.86 bits per heavy atom. The predicted molar refractivity (Wildman–Crippen MR) is 110 cm³/mol. The average molecular weight is 376 g/mol. The van der Waals surface area contributed by atoms with Gasteiger partial charge in [-0.15, -0.1) is 0 Å². The Kier molecular flexibility index (Phi) is 5.50. The van der Waals surface area contributed by atoms with Crippen LogP contribution < -0.4 is 9.96 Å². The van der Waals surface area contributed by atoms with E-state index in [4.69, 9.17) is 4.74 Å². The molecule has 1 aliphatic heterocycles. The number of anilines is 2. The van der Waals surface area contributed by atoms with E-state index in [1.807, 2.05) is 61.7 Å². The molecule has 28 heavy (non-hydrogen) atoms. The zero-order valence-corrected chi connectivity index (χ0v) is 16.0. The third-order valence-corrected chi connectivity index (χ3v) is 4.81. The topological polar surface area (TPSA) is 61.7 Å². The molecule has 1 aromatic carbocycles. The largest absolute Gasteiger partial charge is 0.378 e. The number of hydroxylamine groups is 1. The van der Waals surface area contributed by atoms with Gasteiger partial charge in [0.25, 0.3) is 0 Å². The van der Waals surface area contributed by atoms with E-state index in [0.29, 0.717) is 25.6 Å². The standard InChI is InChI=1S/C22H24N4O2/c1-17-6-5-9-21(24-17)20-14-19(25-10-12-28-13-11-25)15-23-22(20)26(27)16-18-7-3-2-4-8-18/h2-9,14-15,27H,10-13,16H2,1H3. The maximum absolute atomic E-state index is 10.8. The lowest BCUT2D eigenvalue weighted by Gasteiger charge is -2.29. The molecule has 0 unspecified atom stereocenters. The molecule has 0 spiro atoms. The molecule has 2 aromatic heterocycles. The van der Waals surface area contributed by atoms with Gasteiger partial charge in [-0.1, -0.05) is 36.4 Å². The lowest BCUT2D eigenvalue weighted by Crippen LogP contribution is -2.36. The van der Waals surface area contributed by atoms with Gasteiger partial charge in [0.2, 0.25) is 0 Å². The first kappa shape index (κ1) is 18.4. The first-order valence-corrected chi connectivity index (χ1v) is 9.48. The first-order valence-electron chi connectivity index (χ1n) is 9.48. The summed E-state index contributed by atoms with van der Waals surface area (Å²) in [6.07, 6.45) is 1.81. The molecule has 6 nitrogen and oxygen atoms in total. The van der Waals surface area contributed by atoms with Crippen LogP contribution in [0, 0.1) is 6.92 Å². The molecule has 4 rings (SSSR count). The second-order valence-electron chi connectivity index (χ2n) is 6.87. The highest BCUT2D eigenvalue weighted by Crippen LogP contribution is 2.32. The molecular weight excluding hydrogens is 352 g/mol. The van der Waals surface area contributed by atoms with Crippen LogP contribution >= 0.6 is 0 Å². The number of rotatable bonds is 5. The Hall–Kier alpha value is -2.96. The van der Waals surface area contributed by atoms with Crippen LogP contribution in [0.2, 0.25) is 0 Å². The van der Waals surface area contributed by atoms with E-state index >= 15 is 0 Å². The molecule has 0 atom stereocenters. The van der Waals surface area contributed by atoms with E-state index in [2.05, 4.69) is 20.9 Å². The number of aromatic nitrogens is 2. The van der Waals surface area contributed by atoms with Gasteiger partial charge in [0.15, 0.2) is 5.82 Å². The number of nitrogens with zero attached hydrogens (tertiary/aromatic N) is 4. The fourth-order valence-corrected chi connectivity index (χ4v) is 3.36. The van der Waals surface area contributed by atoms with Crippen LogP contribution in [-0.2, 0) is 11.3 Å². The van der Waals surface area contributed by atoms with Gasteiger partial charge in [0.05, 0.1) is 37.3 Å². The smallest absolute Gasteiger partial charge is 0.162 e. The van der Waals surface area contributed by atoms with Gasteiger partial charge in [-0.2, -0.15) is 0 Å². The van der Waals surface area contributed by atoms with Crippen molar-refractivity contribution in [3.05, 3.63) is 72.1 Å². The molecule has 0 radical (unpaired) electrons. The summed E-state index contributed by atoms with van der Waals surface area (Å²) in [4.78, 5) is 11.5. The van der Waals surface area contributed by atoms with Crippen molar-refractivity contribution in [1.82, 2.24) is 9.97 Å². The van der Waals surface area contributed by atoms with Crippen molar-refractivity contribution < 1.29 is 9.94 Å². The highest BCUT2D eigenvalue weighted by Gasteiger charge is 2.19. The summed E-state index contributed by atoms with van der Waals surface area (Å²) >= 11 is 0. The summed E-state index contributed by atoms with van der Waals surface area (Å²) in [7, 11) is 0. The molecular formula is C22H24N4O2. The van der Waals surface area contributed by atoms with Crippen LogP contribution in [0.4, 0.5) is 11.5 Å². The highest BCUT2D eigenvalue weighted by atomic mass is 16.5. The van der Waals surface area contributed by atoms with Crippen LogP contribution in [0.3, 0.4) is 0 Å². The van der Waals surface area contributed by atoms with Crippen LogP contribution in [0.15, 0.2) is 60.8 Å². The van der Waals surface area contributed by atoms with Gasteiger partial charge >= 0.3 is 0 Å². The predicted octanol–water partition coefficient (Wildman–Crippen LogP) is 3.68. The first-order chi connectivity index (χ1) is 13.7. The SMILES string of the molecule is Cc1cccc(-c2cc(N3CCOCC3)cnc2N(O)Cc2ccccc2)n1. The summed E-state index contributed by atoms with van der Waals surface area (Å²) in [5.41, 5.74) is 4.55. The third kappa shape index (κ3) is 4.13. The van der Waals surface area contributed by atoms with Crippen molar-refractivity contribution in [2.75, 3.05) is 36.3 Å². The number of benzene rings is 1. The number of pyridine rings is 2. The molecule has 0 aliphatic carbocycles. The minimum absolute atomic E-state index is 0.351. The van der Waals surface area contributed by atoms with Crippen LogP contribution in [0.5, 0.6) is 0 Å². The molecule has 1 fully saturated rings. The number of morpholine rings is 1. The molecule has 1 saturated heterocycles. The third-order valence-electron chi connectivity index (χ3n) is 4.81. The minimum Gasteiger partial charge on any atom is -0.378 e. The van der Waals surface area contributed by atoms with E-state index in [0.717, 1.165) is 41.3 Å². The summed E-state index contributed by atoms with van der Waals surface area (Å²) in [5.74, 6) is 0.499. The van der Waals surface area contributed by atoms with Crippen LogP contribution in [-0.4, -0.2) is 41.5 Å². The van der Waals surface area contributed by atoms with Gasteiger partial charge in [-0.25, -0.2) is 10.0 Å². The van der Waals surface area contributed by atoms with Crippen LogP contribution in [0.25, 0.3) is 11.3 Å². The van der Waals surface area contributed by atoms with E-state index in [-0.39, 0.29) is 0 Å². The van der Waals surface area contributed by atoms with Crippen molar-refractivity contribution in [3.63, 3.8) is 0 Å². The fraction of sp³-hybridized carbons (Fsp3) is 0.273. The molecule has 1 N–H and O–H groups in total. The average Bonchev–Trinajstić information content (AvgIpc) is 2.74. The Labute approximate surface area is 165 Å². The number of hydrogen-bond acceptors (Lipinski definition) is 6. The van der Waals surface area contributed by atoms with E-state index in [1.165, 1.54) is 5.06 Å². The zero-order valence-electron chi connectivity index (χ0n) is 16.0. The maximum Gasteiger partial charge on any atom is 0.162 e. The van der Waals surface area contributed by atoms with Gasteiger partial charge in [-0.3, -0.25) is 10.2 Å². The van der Waals surface area contributed by atoms with Crippen LogP contribution in [0.1, 0.15) is 11.3 Å². The molecule has 1 aliphatic rings. The number of ether oxygens (including phenoxy) is 1. The minimum atomic E-state index is 0.351. The Bertz CT molecular complexity index is 927. The second kappa shape index (κ2) is 8.37. The quantitative estimate of drug-likeness (QED) is 0.686. The Morgan fingerprint density at radius 3 is 2.61 bits per heavy atom. The summed E-state index contributed by atoms with van der Waals surface area (Å²) in [6.45, 7) is 5.38. The van der Waals surface area contributed by atoms with Gasteiger partial charge in [0, 0.05) is 24.3 Å². The summed E-state index contributed by atoms with van der Waals surface area (Å²) in [5, 5.41) is 12.0. The molecule has 3 aromatic rings. The van der Waals surface area contributed by atoms with E-state index < -0.39 is 0 Å². The summed E-state index contributed by atoms with van der Waals surface area (Å²) in [6, 6.07) is 17.8. The Morgan fingerprint density at radius 1 is 1.07 bits per heavy atom. The molecule has 0 saturated carbocycles. The maximum atomic E-state index is 10.8. The second-order valence-corrected chi connectivity index (χ2v) is 6.87. The lowest BCUT2D eigenvalue weighted by atomic mass is 10.1. The Balaban J connectivity index is 1.71. The molecule has 6 heteroatoms. The molecule has 0 bridgehead atoms. The van der Waals surface area contributed by atoms with E-state index in [1.54, 1.807) is 0 Å². The van der Waals surface area contributed by atoms with Crippen molar-refractivity contribution in [3.8, 4) is 11.3 Å². The van der Waals surface area contributed by atoms with E-state index in [9.17, 15) is 5.21 Å². The number of aryl methyl sites for hydroxylation is 1. The van der Waals surface area contributed by atoms with Crippen molar-refractivity contribution in [2.24, 2.45) is 0 Å². The molecule has 0 amide bonds. The van der Waals surface area contributed by atoms with Gasteiger partial charge in [-0.05, 0) is 30.7 Å². The van der Waals surface area contributed by atoms with Crippen molar-refractivity contribution in [2.45, 2.75) is 13.5 Å². The lowest BCUT2D eigenvalue weighted by molar-refractivity contribution is 0.122. The normalized spacial score (nSPS) is 14.1. The van der Waals surface area contributed by atoms with Crippen molar-refractivity contribution in [1.29, 1.82) is 0 Å². The number of hydrogen-bond donors (Lipinski definition) is 1. The monoisotopic (exact) mass is 376 g/mol. The van der Waals surface area contributed by atoms with Gasteiger partial charge < -0.3 is 9.64 Å². The van der Waals surface area contributed by atoms with Crippen molar-refractivity contribution >= 4 is 11.5 Å². The highest BCUT2D eigenvalue weighted by molar-refractivity contribution is 5.76. The van der Waals surface area contributed by atoms with Gasteiger partial charge in [0.1, 0.15) is 0 Å². The molecule has 144 valence electrons. The molecule has 3 heterocycles. The summed E-state index contributed by atoms with van der Waals surface area (Å²) < 4.78 is 5.46.